The standard InChI is InChI=1S/C13H17FO/c1-13(2)7-10(8-13)12(15)9-4-3-5-11(14)6-9/h3-6,10,12,15H,7-8H2,1-2H3/t12-/m0/s1. The summed E-state index contributed by atoms with van der Waals surface area (Å²) in [7, 11) is 0. The summed E-state index contributed by atoms with van der Waals surface area (Å²) in [6.07, 6.45) is 1.53. The van der Waals surface area contributed by atoms with Crippen molar-refractivity contribution in [2.24, 2.45) is 11.3 Å². The normalized spacial score (nSPS) is 22.1. The molecular formula is C13H17FO. The van der Waals surface area contributed by atoms with Crippen LogP contribution in [-0.2, 0) is 0 Å². The van der Waals surface area contributed by atoms with E-state index in [1.165, 1.54) is 12.1 Å². The van der Waals surface area contributed by atoms with Gasteiger partial charge in [0.2, 0.25) is 0 Å². The van der Waals surface area contributed by atoms with Crippen LogP contribution in [-0.4, -0.2) is 5.11 Å². The molecule has 1 aromatic carbocycles. The van der Waals surface area contributed by atoms with Gasteiger partial charge in [-0.1, -0.05) is 26.0 Å². The van der Waals surface area contributed by atoms with Crippen molar-refractivity contribution in [1.82, 2.24) is 0 Å². The molecule has 0 radical (unpaired) electrons. The van der Waals surface area contributed by atoms with Crippen LogP contribution in [0.5, 0.6) is 0 Å². The molecule has 0 spiro atoms. The summed E-state index contributed by atoms with van der Waals surface area (Å²) < 4.78 is 13.0. The van der Waals surface area contributed by atoms with Crippen LogP contribution in [0.15, 0.2) is 24.3 Å². The Morgan fingerprint density at radius 2 is 2.07 bits per heavy atom. The molecule has 1 aromatic rings. The number of aliphatic hydroxyl groups excluding tert-OH is 1. The van der Waals surface area contributed by atoms with Crippen molar-refractivity contribution in [3.05, 3.63) is 35.6 Å². The zero-order valence-corrected chi connectivity index (χ0v) is 9.20. The Hall–Kier alpha value is -0.890. The summed E-state index contributed by atoms with van der Waals surface area (Å²) in [6, 6.07) is 6.27. The smallest absolute Gasteiger partial charge is 0.123 e. The van der Waals surface area contributed by atoms with Crippen LogP contribution < -0.4 is 0 Å². The number of hydrogen-bond donors (Lipinski definition) is 1. The maximum atomic E-state index is 13.0. The van der Waals surface area contributed by atoms with Gasteiger partial charge in [0.25, 0.3) is 0 Å². The van der Waals surface area contributed by atoms with Gasteiger partial charge in [-0.2, -0.15) is 0 Å². The van der Waals surface area contributed by atoms with Crippen LogP contribution in [0.1, 0.15) is 38.4 Å². The second-order valence-corrected chi connectivity index (χ2v) is 5.33. The Balaban J connectivity index is 2.06. The lowest BCUT2D eigenvalue weighted by Gasteiger charge is -2.45. The number of hydrogen-bond acceptors (Lipinski definition) is 1. The van der Waals surface area contributed by atoms with Gasteiger partial charge in [-0.15, -0.1) is 0 Å². The summed E-state index contributed by atoms with van der Waals surface area (Å²) in [6.45, 7) is 4.39. The van der Waals surface area contributed by atoms with E-state index >= 15 is 0 Å². The first kappa shape index (κ1) is 10.6. The Morgan fingerprint density at radius 3 is 2.60 bits per heavy atom. The van der Waals surface area contributed by atoms with E-state index in [1.54, 1.807) is 12.1 Å². The summed E-state index contributed by atoms with van der Waals surface area (Å²) in [5.74, 6) is 0.0203. The lowest BCUT2D eigenvalue weighted by Crippen LogP contribution is -2.35. The van der Waals surface area contributed by atoms with Crippen LogP contribution >= 0.6 is 0 Å². The summed E-state index contributed by atoms with van der Waals surface area (Å²) in [5.41, 5.74) is 1.05. The van der Waals surface area contributed by atoms with E-state index in [0.717, 1.165) is 12.8 Å². The van der Waals surface area contributed by atoms with Gasteiger partial charge < -0.3 is 5.11 Å². The third-order valence-corrected chi connectivity index (χ3v) is 3.27. The predicted octanol–water partition coefficient (Wildman–Crippen LogP) is 3.30. The minimum atomic E-state index is -0.506. The SMILES string of the molecule is CC1(C)CC([C@@H](O)c2cccc(F)c2)C1. The van der Waals surface area contributed by atoms with Crippen molar-refractivity contribution in [1.29, 1.82) is 0 Å². The molecule has 1 atom stereocenters. The average Bonchev–Trinajstić information content (AvgIpc) is 2.13. The van der Waals surface area contributed by atoms with E-state index < -0.39 is 6.10 Å². The van der Waals surface area contributed by atoms with Crippen LogP contribution in [0, 0.1) is 17.2 Å². The van der Waals surface area contributed by atoms with Crippen molar-refractivity contribution in [2.75, 3.05) is 0 Å². The Kier molecular flexibility index (Phi) is 2.55. The molecule has 0 heterocycles. The zero-order valence-electron chi connectivity index (χ0n) is 9.20. The molecule has 0 saturated heterocycles. The molecule has 1 fully saturated rings. The zero-order chi connectivity index (χ0) is 11.1. The molecule has 2 heteroatoms. The van der Waals surface area contributed by atoms with Gasteiger partial charge in [-0.05, 0) is 41.9 Å². The summed E-state index contributed by atoms with van der Waals surface area (Å²) >= 11 is 0. The van der Waals surface area contributed by atoms with Crippen LogP contribution in [0.3, 0.4) is 0 Å². The van der Waals surface area contributed by atoms with Crippen molar-refractivity contribution < 1.29 is 9.50 Å². The third kappa shape index (κ3) is 2.20. The fourth-order valence-corrected chi connectivity index (χ4v) is 2.55. The van der Waals surface area contributed by atoms with E-state index in [2.05, 4.69) is 13.8 Å². The average molecular weight is 208 g/mol. The molecule has 1 nitrogen and oxygen atoms in total. The molecule has 82 valence electrons. The molecule has 0 unspecified atom stereocenters. The minimum absolute atomic E-state index is 0.273. The van der Waals surface area contributed by atoms with E-state index in [1.807, 2.05) is 0 Å². The maximum Gasteiger partial charge on any atom is 0.123 e. The van der Waals surface area contributed by atoms with Crippen LogP contribution in [0.4, 0.5) is 4.39 Å². The minimum Gasteiger partial charge on any atom is -0.388 e. The molecule has 0 bridgehead atoms. The predicted molar refractivity (Wildman–Crippen MR) is 57.9 cm³/mol. The van der Waals surface area contributed by atoms with Gasteiger partial charge in [-0.25, -0.2) is 4.39 Å². The summed E-state index contributed by atoms with van der Waals surface area (Å²) in [5, 5.41) is 10.0. The van der Waals surface area contributed by atoms with E-state index in [-0.39, 0.29) is 5.82 Å². The number of benzene rings is 1. The maximum absolute atomic E-state index is 13.0. The van der Waals surface area contributed by atoms with Gasteiger partial charge in [-0.3, -0.25) is 0 Å². The van der Waals surface area contributed by atoms with Crippen molar-refractivity contribution in [3.8, 4) is 0 Å². The van der Waals surface area contributed by atoms with Crippen LogP contribution in [0.2, 0.25) is 0 Å². The van der Waals surface area contributed by atoms with Crippen molar-refractivity contribution >= 4 is 0 Å². The van der Waals surface area contributed by atoms with Crippen molar-refractivity contribution in [2.45, 2.75) is 32.8 Å². The van der Waals surface area contributed by atoms with Crippen molar-refractivity contribution in [3.63, 3.8) is 0 Å². The topological polar surface area (TPSA) is 20.2 Å². The molecule has 0 aromatic heterocycles. The lowest BCUT2D eigenvalue weighted by molar-refractivity contribution is -0.0148. The Labute approximate surface area is 89.9 Å². The molecule has 1 N–H and O–H groups in total. The molecule has 1 saturated carbocycles. The molecule has 0 amide bonds. The highest BCUT2D eigenvalue weighted by molar-refractivity contribution is 5.20. The Bertz CT molecular complexity index is 351. The van der Waals surface area contributed by atoms with Gasteiger partial charge in [0, 0.05) is 0 Å². The van der Waals surface area contributed by atoms with Gasteiger partial charge in [0.1, 0.15) is 5.82 Å². The highest BCUT2D eigenvalue weighted by atomic mass is 19.1. The van der Waals surface area contributed by atoms with Gasteiger partial charge in [0.05, 0.1) is 6.10 Å². The van der Waals surface area contributed by atoms with Crippen LogP contribution in [0.25, 0.3) is 0 Å². The van der Waals surface area contributed by atoms with Gasteiger partial charge >= 0.3 is 0 Å². The van der Waals surface area contributed by atoms with E-state index in [9.17, 15) is 9.50 Å². The monoisotopic (exact) mass is 208 g/mol. The number of rotatable bonds is 2. The molecule has 1 aliphatic rings. The molecule has 1 aliphatic carbocycles. The van der Waals surface area contributed by atoms with E-state index in [4.69, 9.17) is 0 Å². The highest BCUT2D eigenvalue weighted by Crippen LogP contribution is 2.50. The first-order chi connectivity index (χ1) is 6.98. The fourth-order valence-electron chi connectivity index (χ4n) is 2.55. The van der Waals surface area contributed by atoms with E-state index in [0.29, 0.717) is 16.9 Å². The fraction of sp³-hybridized carbons (Fsp3) is 0.538. The highest BCUT2D eigenvalue weighted by Gasteiger charge is 2.40. The molecule has 15 heavy (non-hydrogen) atoms. The molecule has 0 aliphatic heterocycles. The first-order valence-electron chi connectivity index (χ1n) is 5.41. The second-order valence-electron chi connectivity index (χ2n) is 5.33. The Morgan fingerprint density at radius 1 is 1.40 bits per heavy atom. The lowest BCUT2D eigenvalue weighted by atomic mass is 9.62. The second kappa shape index (κ2) is 3.60. The third-order valence-electron chi connectivity index (χ3n) is 3.27. The molecule has 2 rings (SSSR count). The largest absolute Gasteiger partial charge is 0.388 e. The quantitative estimate of drug-likeness (QED) is 0.790. The number of halogens is 1. The molecular weight excluding hydrogens is 191 g/mol. The summed E-state index contributed by atoms with van der Waals surface area (Å²) in [4.78, 5) is 0. The first-order valence-corrected chi connectivity index (χ1v) is 5.41. The van der Waals surface area contributed by atoms with Gasteiger partial charge in [0.15, 0.2) is 0 Å². The number of aliphatic hydroxyl groups is 1.